The van der Waals surface area contributed by atoms with Crippen molar-refractivity contribution in [2.45, 2.75) is 20.3 Å². The first-order valence-electron chi connectivity index (χ1n) is 7.56. The fraction of sp³-hybridized carbons (Fsp3) is 0.167. The molecule has 5 nitrogen and oxygen atoms in total. The number of aryl methyl sites for hydroxylation is 2. The van der Waals surface area contributed by atoms with Crippen LogP contribution in [-0.2, 0) is 16.0 Å². The minimum absolute atomic E-state index is 0.0454. The van der Waals surface area contributed by atoms with Crippen LogP contribution in [-0.4, -0.2) is 17.8 Å². The summed E-state index contributed by atoms with van der Waals surface area (Å²) in [6, 6.07) is 10.2. The van der Waals surface area contributed by atoms with Gasteiger partial charge in [-0.3, -0.25) is 14.9 Å². The molecule has 0 unspecified atom stereocenters. The lowest BCUT2D eigenvalue weighted by Gasteiger charge is -2.26. The van der Waals surface area contributed by atoms with E-state index in [0.717, 1.165) is 26.6 Å². The summed E-state index contributed by atoms with van der Waals surface area (Å²) in [6.45, 7) is 3.97. The second-order valence-electron chi connectivity index (χ2n) is 5.43. The number of barbiturate groups is 1. The number of carbonyl (C=O) groups is 3. The summed E-state index contributed by atoms with van der Waals surface area (Å²) in [4.78, 5) is 39.7. The molecule has 24 heavy (non-hydrogen) atoms. The molecule has 1 aliphatic rings. The van der Waals surface area contributed by atoms with Gasteiger partial charge >= 0.3 is 6.03 Å². The summed E-state index contributed by atoms with van der Waals surface area (Å²) in [6.07, 6.45) is 2.39. The Morgan fingerprint density at radius 2 is 1.79 bits per heavy atom. The summed E-state index contributed by atoms with van der Waals surface area (Å²) in [7, 11) is 0. The van der Waals surface area contributed by atoms with Crippen LogP contribution in [0.2, 0.25) is 0 Å². The van der Waals surface area contributed by atoms with Crippen LogP contribution in [0.3, 0.4) is 0 Å². The number of hydrogen-bond donors (Lipinski definition) is 1. The molecule has 0 aliphatic carbocycles. The van der Waals surface area contributed by atoms with Gasteiger partial charge in [0.1, 0.15) is 5.57 Å². The minimum Gasteiger partial charge on any atom is -0.273 e. The Labute approximate surface area is 143 Å². The molecule has 6 heteroatoms. The normalized spacial score (nSPS) is 16.7. The highest BCUT2D eigenvalue weighted by Crippen LogP contribution is 2.24. The molecule has 2 heterocycles. The minimum atomic E-state index is -0.728. The van der Waals surface area contributed by atoms with E-state index in [1.54, 1.807) is 12.1 Å². The Morgan fingerprint density at radius 3 is 2.38 bits per heavy atom. The molecule has 1 aromatic heterocycles. The zero-order valence-electron chi connectivity index (χ0n) is 13.3. The van der Waals surface area contributed by atoms with E-state index in [-0.39, 0.29) is 5.57 Å². The van der Waals surface area contributed by atoms with Crippen LogP contribution in [0.15, 0.2) is 42.0 Å². The average molecular weight is 340 g/mol. The number of thiophene rings is 1. The van der Waals surface area contributed by atoms with Gasteiger partial charge in [-0.25, -0.2) is 9.69 Å². The Balaban J connectivity index is 1.97. The predicted octanol–water partition coefficient (Wildman–Crippen LogP) is 3.29. The monoisotopic (exact) mass is 340 g/mol. The van der Waals surface area contributed by atoms with Crippen LogP contribution in [0.25, 0.3) is 6.08 Å². The summed E-state index contributed by atoms with van der Waals surface area (Å²) in [5, 5.41) is 2.23. The Kier molecular flexibility index (Phi) is 4.31. The average Bonchev–Trinajstić information content (AvgIpc) is 2.97. The Morgan fingerprint density at radius 1 is 1.08 bits per heavy atom. The standard InChI is InChI=1S/C18H16N2O3S/c1-3-12-5-7-13(8-6-12)20-17(22)15(16(21)19-18(20)23)10-14-9-4-11(2)24-14/h4-10H,3H2,1-2H3,(H,19,21,23)/b15-10-. The van der Waals surface area contributed by atoms with Gasteiger partial charge in [0.05, 0.1) is 5.69 Å². The molecule has 2 aromatic rings. The second kappa shape index (κ2) is 6.41. The Bertz CT molecular complexity index is 849. The van der Waals surface area contributed by atoms with Gasteiger partial charge in [-0.15, -0.1) is 11.3 Å². The van der Waals surface area contributed by atoms with Gasteiger partial charge in [-0.2, -0.15) is 0 Å². The van der Waals surface area contributed by atoms with Crippen molar-refractivity contribution in [3.8, 4) is 0 Å². The van der Waals surface area contributed by atoms with Crippen molar-refractivity contribution in [2.75, 3.05) is 4.90 Å². The molecular formula is C18H16N2O3S. The maximum absolute atomic E-state index is 12.7. The van der Waals surface area contributed by atoms with Gasteiger partial charge in [0.25, 0.3) is 11.8 Å². The first-order valence-corrected chi connectivity index (χ1v) is 8.38. The van der Waals surface area contributed by atoms with E-state index < -0.39 is 17.8 Å². The molecule has 1 aliphatic heterocycles. The van der Waals surface area contributed by atoms with Crippen molar-refractivity contribution in [2.24, 2.45) is 0 Å². The van der Waals surface area contributed by atoms with Crippen molar-refractivity contribution < 1.29 is 14.4 Å². The molecule has 0 radical (unpaired) electrons. The number of urea groups is 1. The van der Waals surface area contributed by atoms with Crippen LogP contribution < -0.4 is 10.2 Å². The third-order valence-electron chi connectivity index (χ3n) is 3.75. The zero-order chi connectivity index (χ0) is 17.3. The largest absolute Gasteiger partial charge is 0.335 e. The Hall–Kier alpha value is -2.73. The highest BCUT2D eigenvalue weighted by atomic mass is 32.1. The van der Waals surface area contributed by atoms with Crippen LogP contribution >= 0.6 is 11.3 Å². The zero-order valence-corrected chi connectivity index (χ0v) is 14.1. The van der Waals surface area contributed by atoms with Gasteiger partial charge in [0.2, 0.25) is 0 Å². The topological polar surface area (TPSA) is 66.5 Å². The summed E-state index contributed by atoms with van der Waals surface area (Å²) in [5.74, 6) is -1.28. The molecule has 0 atom stereocenters. The predicted molar refractivity (Wildman–Crippen MR) is 93.9 cm³/mol. The van der Waals surface area contributed by atoms with Gasteiger partial charge in [-0.1, -0.05) is 19.1 Å². The van der Waals surface area contributed by atoms with Crippen LogP contribution in [0.1, 0.15) is 22.2 Å². The highest BCUT2D eigenvalue weighted by molar-refractivity contribution is 7.12. The smallest absolute Gasteiger partial charge is 0.273 e. The lowest BCUT2D eigenvalue weighted by atomic mass is 10.1. The van der Waals surface area contributed by atoms with Gasteiger partial charge in [0.15, 0.2) is 0 Å². The lowest BCUT2D eigenvalue weighted by molar-refractivity contribution is -0.122. The number of imide groups is 2. The summed E-state index contributed by atoms with van der Waals surface area (Å²) < 4.78 is 0. The number of rotatable bonds is 3. The molecule has 122 valence electrons. The summed E-state index contributed by atoms with van der Waals surface area (Å²) >= 11 is 1.48. The van der Waals surface area contributed by atoms with Crippen molar-refractivity contribution in [1.82, 2.24) is 5.32 Å². The van der Waals surface area contributed by atoms with Gasteiger partial charge in [-0.05, 0) is 49.2 Å². The SMILES string of the molecule is CCc1ccc(N2C(=O)NC(=O)/C(=C/c3ccc(C)s3)C2=O)cc1. The number of nitrogens with one attached hydrogen (secondary N) is 1. The fourth-order valence-electron chi connectivity index (χ4n) is 2.45. The number of anilines is 1. The molecule has 0 spiro atoms. The fourth-order valence-corrected chi connectivity index (χ4v) is 3.27. The van der Waals surface area contributed by atoms with Crippen LogP contribution in [0.4, 0.5) is 10.5 Å². The van der Waals surface area contributed by atoms with Crippen molar-refractivity contribution >= 4 is 40.9 Å². The molecule has 1 N–H and O–H groups in total. The van der Waals surface area contributed by atoms with E-state index >= 15 is 0 Å². The van der Waals surface area contributed by atoms with Crippen molar-refractivity contribution in [3.05, 3.63) is 57.3 Å². The number of hydrogen-bond acceptors (Lipinski definition) is 4. The quantitative estimate of drug-likeness (QED) is 0.689. The van der Waals surface area contributed by atoms with E-state index in [1.807, 2.05) is 38.1 Å². The summed E-state index contributed by atoms with van der Waals surface area (Å²) in [5.41, 5.74) is 1.50. The van der Waals surface area contributed by atoms with E-state index in [1.165, 1.54) is 17.4 Å². The molecular weight excluding hydrogens is 324 g/mol. The van der Waals surface area contributed by atoms with Crippen molar-refractivity contribution in [3.63, 3.8) is 0 Å². The molecule has 1 saturated heterocycles. The molecule has 1 fully saturated rings. The van der Waals surface area contributed by atoms with E-state index in [2.05, 4.69) is 5.32 Å². The van der Waals surface area contributed by atoms with E-state index in [0.29, 0.717) is 5.69 Å². The van der Waals surface area contributed by atoms with E-state index in [4.69, 9.17) is 0 Å². The number of amides is 4. The van der Waals surface area contributed by atoms with Crippen LogP contribution in [0, 0.1) is 6.92 Å². The van der Waals surface area contributed by atoms with Crippen LogP contribution in [0.5, 0.6) is 0 Å². The number of carbonyl (C=O) groups excluding carboxylic acids is 3. The lowest BCUT2D eigenvalue weighted by Crippen LogP contribution is -2.54. The maximum Gasteiger partial charge on any atom is 0.335 e. The molecule has 4 amide bonds. The molecule has 1 aromatic carbocycles. The van der Waals surface area contributed by atoms with Gasteiger partial charge in [0, 0.05) is 9.75 Å². The highest BCUT2D eigenvalue weighted by Gasteiger charge is 2.36. The maximum atomic E-state index is 12.7. The number of benzene rings is 1. The van der Waals surface area contributed by atoms with E-state index in [9.17, 15) is 14.4 Å². The molecule has 3 rings (SSSR count). The third kappa shape index (κ3) is 3.00. The molecule has 0 bridgehead atoms. The first-order chi connectivity index (χ1) is 11.5. The third-order valence-corrected chi connectivity index (χ3v) is 4.70. The first kappa shape index (κ1) is 16.1. The van der Waals surface area contributed by atoms with Gasteiger partial charge < -0.3 is 0 Å². The number of nitrogens with zero attached hydrogens (tertiary/aromatic N) is 1. The molecule has 0 saturated carbocycles. The second-order valence-corrected chi connectivity index (χ2v) is 6.75. The van der Waals surface area contributed by atoms with Crippen molar-refractivity contribution in [1.29, 1.82) is 0 Å².